The van der Waals surface area contributed by atoms with Crippen LogP contribution in [-0.2, 0) is 28.8 Å². The van der Waals surface area contributed by atoms with Gasteiger partial charge in [-0.05, 0) is 0 Å². The zero-order valence-electron chi connectivity index (χ0n) is 19.2. The van der Waals surface area contributed by atoms with Gasteiger partial charge >= 0.3 is 0 Å². The monoisotopic (exact) mass is 471 g/mol. The minimum atomic E-state index is -0.641. The largest absolute Gasteiger partial charge is 0.347 e. The summed E-state index contributed by atoms with van der Waals surface area (Å²) in [6.07, 6.45) is 0. The van der Waals surface area contributed by atoms with Crippen molar-refractivity contribution in [3.8, 4) is 0 Å². The van der Waals surface area contributed by atoms with Crippen molar-refractivity contribution >= 4 is 35.4 Å². The Kier molecular flexibility index (Phi) is 17.9. The van der Waals surface area contributed by atoms with Crippen LogP contribution in [0.2, 0.25) is 0 Å². The molecule has 0 unspecified atom stereocenters. The molecule has 6 N–H and O–H groups in total. The number of hydrogen-bond donors (Lipinski definition) is 6. The van der Waals surface area contributed by atoms with E-state index in [1.807, 2.05) is 13.8 Å². The Hall–Kier alpha value is -3.26. The molecule has 0 fully saturated rings. The second kappa shape index (κ2) is 18.5. The van der Waals surface area contributed by atoms with Crippen molar-refractivity contribution in [3.63, 3.8) is 0 Å². The van der Waals surface area contributed by atoms with Crippen LogP contribution in [0, 0.1) is 0 Å². The minimum absolute atomic E-state index is 0. The Balaban J connectivity index is -0.000000250. The highest BCUT2D eigenvalue weighted by Gasteiger charge is 2.12. The molecule has 0 atom stereocenters. The molecule has 32 heavy (non-hydrogen) atoms. The first-order valence-corrected chi connectivity index (χ1v) is 9.96. The van der Waals surface area contributed by atoms with Gasteiger partial charge in [0.05, 0.1) is 32.7 Å². The second-order valence-corrected chi connectivity index (χ2v) is 6.21. The van der Waals surface area contributed by atoms with Gasteiger partial charge < -0.3 is 36.7 Å². The summed E-state index contributed by atoms with van der Waals surface area (Å²) < 4.78 is 0. The molecule has 0 heterocycles. The van der Waals surface area contributed by atoms with E-state index >= 15 is 0 Å². The summed E-state index contributed by atoms with van der Waals surface area (Å²) in [4.78, 5) is 69.9. The molecule has 0 aliphatic carbocycles. The van der Waals surface area contributed by atoms with Crippen LogP contribution >= 0.6 is 0 Å². The fraction of sp³-hybridized carbons (Fsp3) is 0.667. The molecular weight excluding hydrogens is 426 g/mol. The molecule has 194 valence electrons. The maximum absolute atomic E-state index is 11.8. The van der Waals surface area contributed by atoms with Crippen LogP contribution < -0.4 is 26.6 Å². The number of nitrogens with one attached hydrogen (secondary N) is 5. The van der Waals surface area contributed by atoms with E-state index in [1.54, 1.807) is 0 Å². The summed E-state index contributed by atoms with van der Waals surface area (Å²) in [6, 6.07) is 0. The van der Waals surface area contributed by atoms with E-state index < -0.39 is 36.7 Å². The lowest BCUT2D eigenvalue weighted by molar-refractivity contribution is -0.133. The zero-order chi connectivity index (χ0) is 25.1. The quantitative estimate of drug-likeness (QED) is 0.161. The number of nitrogens with zero attached hydrogens (tertiary/aromatic N) is 2. The number of likely N-dealkylation sites (N-methyl/N-ethyl adjacent to an activating group) is 2. The topological polar surface area (TPSA) is 189 Å². The summed E-state index contributed by atoms with van der Waals surface area (Å²) in [5.74, 6) is -3.19. The lowest BCUT2D eigenvalue weighted by Gasteiger charge is -2.19. The highest BCUT2D eigenvalue weighted by atomic mass is 16.5. The van der Waals surface area contributed by atoms with Crippen molar-refractivity contribution in [2.75, 3.05) is 59.9 Å². The lowest BCUT2D eigenvalue weighted by atomic mass is 10.4. The van der Waals surface area contributed by atoms with Crippen LogP contribution in [0.4, 0.5) is 0 Å². The zero-order valence-corrected chi connectivity index (χ0v) is 19.2. The van der Waals surface area contributed by atoms with Crippen LogP contribution in [0.3, 0.4) is 0 Å². The summed E-state index contributed by atoms with van der Waals surface area (Å²) in [6.45, 7) is 4.04. The van der Waals surface area contributed by atoms with Crippen molar-refractivity contribution in [2.45, 2.75) is 20.8 Å². The highest BCUT2D eigenvalue weighted by Crippen LogP contribution is 1.85. The summed E-state index contributed by atoms with van der Waals surface area (Å²) >= 11 is 0. The number of amides is 6. The van der Waals surface area contributed by atoms with Crippen molar-refractivity contribution in [2.24, 2.45) is 0 Å². The maximum Gasteiger partial charge on any atom is 0.241 e. The van der Waals surface area contributed by atoms with Crippen molar-refractivity contribution in [1.82, 2.24) is 36.5 Å². The van der Waals surface area contributed by atoms with Gasteiger partial charge in [0.2, 0.25) is 35.4 Å². The Morgan fingerprint density at radius 3 is 1.34 bits per heavy atom. The van der Waals surface area contributed by atoms with Crippen LogP contribution in [-0.4, -0.2) is 111 Å². The van der Waals surface area contributed by atoms with E-state index in [9.17, 15) is 28.8 Å². The van der Waals surface area contributed by atoms with Crippen LogP contribution in [0.1, 0.15) is 27.9 Å². The summed E-state index contributed by atoms with van der Waals surface area (Å²) in [5, 5.41) is 21.3. The maximum atomic E-state index is 11.8. The minimum Gasteiger partial charge on any atom is -0.347 e. The van der Waals surface area contributed by atoms with E-state index in [0.717, 1.165) is 5.06 Å². The molecule has 0 saturated carbocycles. The van der Waals surface area contributed by atoms with Gasteiger partial charge in [-0.15, -0.1) is 0 Å². The first-order chi connectivity index (χ1) is 15.0. The van der Waals surface area contributed by atoms with Gasteiger partial charge in [0.25, 0.3) is 0 Å². The van der Waals surface area contributed by atoms with Gasteiger partial charge in [-0.1, -0.05) is 13.8 Å². The van der Waals surface area contributed by atoms with E-state index in [4.69, 9.17) is 5.21 Å². The second-order valence-electron chi connectivity index (χ2n) is 6.21. The Labute approximate surface area is 194 Å². The van der Waals surface area contributed by atoms with Gasteiger partial charge in [-0.2, -0.15) is 5.06 Å². The predicted octanol–water partition coefficient (Wildman–Crippen LogP) is -2.38. The van der Waals surface area contributed by atoms with Crippen molar-refractivity contribution in [1.29, 1.82) is 0 Å². The van der Waals surface area contributed by atoms with Crippen LogP contribution in [0.15, 0.2) is 0 Å². The molecular formula is C18H45N7O7. The van der Waals surface area contributed by atoms with Gasteiger partial charge in [0, 0.05) is 41.2 Å². The predicted molar refractivity (Wildman–Crippen MR) is 125 cm³/mol. The SMILES string of the molecule is CC.CC(=O)NCC(=O)NCC(=O)NCC(=O)NCC(=O)NCC(=O)N(C)CCN(C)O.[HH].[HH].[HH].[HH].[HH]. The molecule has 0 aromatic heterocycles. The number of hydroxylamine groups is 2. The molecule has 0 saturated heterocycles. The third kappa shape index (κ3) is 18.7. The van der Waals surface area contributed by atoms with E-state index in [1.165, 1.54) is 25.9 Å². The fourth-order valence-electron chi connectivity index (χ4n) is 1.72. The van der Waals surface area contributed by atoms with Crippen LogP contribution in [0.5, 0.6) is 0 Å². The summed E-state index contributed by atoms with van der Waals surface area (Å²) in [7, 11) is 2.96. The third-order valence-electron chi connectivity index (χ3n) is 3.46. The number of rotatable bonds is 13. The van der Waals surface area contributed by atoms with E-state index in [-0.39, 0.29) is 51.7 Å². The third-order valence-corrected chi connectivity index (χ3v) is 3.46. The van der Waals surface area contributed by atoms with Crippen molar-refractivity contribution in [3.05, 3.63) is 0 Å². The fourth-order valence-corrected chi connectivity index (χ4v) is 1.72. The standard InChI is InChI=1S/C16H29N7O7.C2H6.5H2/c1-11(24)17-6-12(25)18-7-13(26)19-8-14(27)20-9-15(28)21-10-16(29)22(2)4-5-23(3)30;1-2;;;;;/h30H,4-10H2,1-3H3,(H,17,24)(H,18,25)(H,19,26)(H,20,27)(H,21,28);1-2H3;5*1H. The Morgan fingerprint density at radius 2 is 1.00 bits per heavy atom. The molecule has 0 radical (unpaired) electrons. The molecule has 6 amide bonds. The normalized spacial score (nSPS) is 9.59. The summed E-state index contributed by atoms with van der Waals surface area (Å²) in [5.41, 5.74) is 0. The first kappa shape index (κ1) is 30.9. The van der Waals surface area contributed by atoms with E-state index in [0.29, 0.717) is 0 Å². The molecule has 0 aliphatic heterocycles. The average molecular weight is 472 g/mol. The molecule has 0 rings (SSSR count). The molecule has 0 spiro atoms. The van der Waals surface area contributed by atoms with Gasteiger partial charge in [0.15, 0.2) is 0 Å². The Bertz CT molecular complexity index is 662. The highest BCUT2D eigenvalue weighted by molar-refractivity contribution is 5.91. The molecule has 14 nitrogen and oxygen atoms in total. The van der Waals surface area contributed by atoms with Gasteiger partial charge in [0.1, 0.15) is 0 Å². The molecule has 0 aromatic rings. The first-order valence-electron chi connectivity index (χ1n) is 9.96. The van der Waals surface area contributed by atoms with E-state index in [2.05, 4.69) is 26.6 Å². The molecule has 14 heteroatoms. The lowest BCUT2D eigenvalue weighted by Crippen LogP contribution is -2.46. The van der Waals surface area contributed by atoms with Gasteiger partial charge in [-0.3, -0.25) is 28.8 Å². The number of carbonyl (C=O) groups excluding carboxylic acids is 6. The van der Waals surface area contributed by atoms with Crippen LogP contribution in [0.25, 0.3) is 0 Å². The van der Waals surface area contributed by atoms with Gasteiger partial charge in [-0.25, -0.2) is 0 Å². The molecule has 0 aromatic carbocycles. The average Bonchev–Trinajstić information content (AvgIpc) is 2.76. The molecule has 0 bridgehead atoms. The number of hydrogen-bond acceptors (Lipinski definition) is 8. The molecule has 0 aliphatic rings. The Morgan fingerprint density at radius 1 is 0.656 bits per heavy atom. The number of carbonyl (C=O) groups is 6. The van der Waals surface area contributed by atoms with Crippen molar-refractivity contribution < 1.29 is 41.1 Å². The smallest absolute Gasteiger partial charge is 0.241 e.